The molecule has 0 spiro atoms. The molecular weight excluding hydrogens is 200 g/mol. The van der Waals surface area contributed by atoms with Gasteiger partial charge in [-0.15, -0.1) is 5.10 Å². The number of nitrogens with two attached hydrogens (primary N) is 1. The molecule has 1 heterocycles. The Balaban J connectivity index is 1.88. The maximum absolute atomic E-state index is 5.42. The first-order valence-electron chi connectivity index (χ1n) is 6.17. The SMILES string of the molecule is NCCCNc1ccc(C2CCCC2)nn1. The lowest BCUT2D eigenvalue weighted by Crippen LogP contribution is -2.10. The molecule has 4 heteroatoms. The van der Waals surface area contributed by atoms with Gasteiger partial charge in [-0.3, -0.25) is 0 Å². The third-order valence-corrected chi connectivity index (χ3v) is 3.15. The van der Waals surface area contributed by atoms with Gasteiger partial charge in [0.1, 0.15) is 5.82 Å². The van der Waals surface area contributed by atoms with E-state index in [0.29, 0.717) is 12.5 Å². The van der Waals surface area contributed by atoms with Crippen molar-refractivity contribution in [3.8, 4) is 0 Å². The van der Waals surface area contributed by atoms with Crippen LogP contribution in [0.5, 0.6) is 0 Å². The number of rotatable bonds is 5. The van der Waals surface area contributed by atoms with E-state index < -0.39 is 0 Å². The number of aromatic nitrogens is 2. The van der Waals surface area contributed by atoms with E-state index in [9.17, 15) is 0 Å². The quantitative estimate of drug-likeness (QED) is 0.744. The van der Waals surface area contributed by atoms with Crippen molar-refractivity contribution in [1.82, 2.24) is 10.2 Å². The van der Waals surface area contributed by atoms with Crippen LogP contribution in [0.1, 0.15) is 43.7 Å². The zero-order chi connectivity index (χ0) is 11.2. The van der Waals surface area contributed by atoms with E-state index in [2.05, 4.69) is 21.6 Å². The van der Waals surface area contributed by atoms with Gasteiger partial charge < -0.3 is 11.1 Å². The first-order valence-corrected chi connectivity index (χ1v) is 6.17. The Morgan fingerprint density at radius 1 is 1.25 bits per heavy atom. The Hall–Kier alpha value is -1.16. The van der Waals surface area contributed by atoms with Gasteiger partial charge in [0, 0.05) is 12.5 Å². The molecule has 1 saturated carbocycles. The second-order valence-electron chi connectivity index (χ2n) is 4.39. The second-order valence-corrected chi connectivity index (χ2v) is 4.39. The second kappa shape index (κ2) is 5.80. The van der Waals surface area contributed by atoms with E-state index in [1.54, 1.807) is 0 Å². The summed E-state index contributed by atoms with van der Waals surface area (Å²) in [6.07, 6.45) is 6.18. The molecule has 1 aromatic rings. The molecule has 16 heavy (non-hydrogen) atoms. The number of anilines is 1. The monoisotopic (exact) mass is 220 g/mol. The van der Waals surface area contributed by atoms with Crippen LogP contribution in [0.4, 0.5) is 5.82 Å². The summed E-state index contributed by atoms with van der Waals surface area (Å²) in [4.78, 5) is 0. The van der Waals surface area contributed by atoms with E-state index in [1.807, 2.05) is 6.07 Å². The van der Waals surface area contributed by atoms with E-state index in [0.717, 1.165) is 24.5 Å². The van der Waals surface area contributed by atoms with Gasteiger partial charge in [0.25, 0.3) is 0 Å². The fourth-order valence-electron chi connectivity index (χ4n) is 2.19. The van der Waals surface area contributed by atoms with Crippen molar-refractivity contribution in [2.45, 2.75) is 38.0 Å². The average Bonchev–Trinajstić information content (AvgIpc) is 2.84. The van der Waals surface area contributed by atoms with Crippen LogP contribution < -0.4 is 11.1 Å². The minimum atomic E-state index is 0.644. The van der Waals surface area contributed by atoms with Gasteiger partial charge in [-0.25, -0.2) is 0 Å². The molecule has 88 valence electrons. The van der Waals surface area contributed by atoms with Gasteiger partial charge in [0.15, 0.2) is 0 Å². The van der Waals surface area contributed by atoms with Gasteiger partial charge in [-0.2, -0.15) is 5.10 Å². The average molecular weight is 220 g/mol. The first kappa shape index (κ1) is 11.3. The summed E-state index contributed by atoms with van der Waals surface area (Å²) >= 11 is 0. The van der Waals surface area contributed by atoms with Crippen LogP contribution in [-0.4, -0.2) is 23.3 Å². The Morgan fingerprint density at radius 2 is 2.06 bits per heavy atom. The Kier molecular flexibility index (Phi) is 4.10. The summed E-state index contributed by atoms with van der Waals surface area (Å²) in [5.74, 6) is 1.50. The summed E-state index contributed by atoms with van der Waals surface area (Å²) in [5.41, 5.74) is 6.58. The maximum atomic E-state index is 5.42. The van der Waals surface area contributed by atoms with Crippen LogP contribution in [0.2, 0.25) is 0 Å². The van der Waals surface area contributed by atoms with Crippen molar-refractivity contribution in [2.24, 2.45) is 5.73 Å². The van der Waals surface area contributed by atoms with Crippen molar-refractivity contribution in [3.05, 3.63) is 17.8 Å². The first-order chi connectivity index (χ1) is 7.90. The summed E-state index contributed by atoms with van der Waals surface area (Å²) in [6, 6.07) is 4.13. The fraction of sp³-hybridized carbons (Fsp3) is 0.667. The van der Waals surface area contributed by atoms with Gasteiger partial charge >= 0.3 is 0 Å². The van der Waals surface area contributed by atoms with Crippen molar-refractivity contribution in [3.63, 3.8) is 0 Å². The number of hydrogen-bond donors (Lipinski definition) is 2. The standard InChI is InChI=1S/C12H20N4/c13-8-3-9-14-12-7-6-11(15-16-12)10-4-1-2-5-10/h6-7,10H,1-5,8-9,13H2,(H,14,16). The van der Waals surface area contributed by atoms with Crippen LogP contribution in [0.15, 0.2) is 12.1 Å². The molecule has 0 saturated heterocycles. The summed E-state index contributed by atoms with van der Waals surface area (Å²) in [5, 5.41) is 11.7. The third kappa shape index (κ3) is 2.92. The lowest BCUT2D eigenvalue weighted by Gasteiger charge is -2.08. The molecule has 2 rings (SSSR count). The van der Waals surface area contributed by atoms with Crippen LogP contribution in [0, 0.1) is 0 Å². The topological polar surface area (TPSA) is 63.8 Å². The minimum Gasteiger partial charge on any atom is -0.369 e. The van der Waals surface area contributed by atoms with Gasteiger partial charge in [0.2, 0.25) is 0 Å². The Bertz CT molecular complexity index is 303. The van der Waals surface area contributed by atoms with E-state index in [4.69, 9.17) is 5.73 Å². The third-order valence-electron chi connectivity index (χ3n) is 3.15. The van der Waals surface area contributed by atoms with Crippen molar-refractivity contribution in [1.29, 1.82) is 0 Å². The smallest absolute Gasteiger partial charge is 0.148 e. The highest BCUT2D eigenvalue weighted by Gasteiger charge is 2.18. The van der Waals surface area contributed by atoms with E-state index in [-0.39, 0.29) is 0 Å². The van der Waals surface area contributed by atoms with Gasteiger partial charge in [-0.1, -0.05) is 12.8 Å². The molecule has 1 aliphatic carbocycles. The molecule has 4 nitrogen and oxygen atoms in total. The van der Waals surface area contributed by atoms with E-state index in [1.165, 1.54) is 25.7 Å². The van der Waals surface area contributed by atoms with Crippen LogP contribution in [0.25, 0.3) is 0 Å². The number of hydrogen-bond acceptors (Lipinski definition) is 4. The van der Waals surface area contributed by atoms with Crippen molar-refractivity contribution >= 4 is 5.82 Å². The summed E-state index contributed by atoms with van der Waals surface area (Å²) in [7, 11) is 0. The van der Waals surface area contributed by atoms with E-state index >= 15 is 0 Å². The molecular formula is C12H20N4. The predicted octanol–water partition coefficient (Wildman–Crippen LogP) is 1.89. The maximum Gasteiger partial charge on any atom is 0.148 e. The molecule has 0 amide bonds. The predicted molar refractivity (Wildman–Crippen MR) is 65.4 cm³/mol. The fourth-order valence-corrected chi connectivity index (χ4v) is 2.19. The molecule has 3 N–H and O–H groups in total. The minimum absolute atomic E-state index is 0.644. The molecule has 1 aliphatic rings. The summed E-state index contributed by atoms with van der Waals surface area (Å²) in [6.45, 7) is 1.58. The van der Waals surface area contributed by atoms with Crippen molar-refractivity contribution < 1.29 is 0 Å². The van der Waals surface area contributed by atoms with Crippen LogP contribution >= 0.6 is 0 Å². The zero-order valence-electron chi connectivity index (χ0n) is 9.65. The molecule has 1 fully saturated rings. The molecule has 0 aliphatic heterocycles. The lowest BCUT2D eigenvalue weighted by atomic mass is 10.0. The normalized spacial score (nSPS) is 16.6. The largest absolute Gasteiger partial charge is 0.369 e. The summed E-state index contributed by atoms with van der Waals surface area (Å²) < 4.78 is 0. The van der Waals surface area contributed by atoms with Crippen LogP contribution in [0.3, 0.4) is 0 Å². The highest BCUT2D eigenvalue weighted by molar-refractivity contribution is 5.33. The van der Waals surface area contributed by atoms with Gasteiger partial charge in [-0.05, 0) is 37.9 Å². The molecule has 0 aromatic carbocycles. The molecule has 1 aromatic heterocycles. The lowest BCUT2D eigenvalue weighted by molar-refractivity contribution is 0.680. The van der Waals surface area contributed by atoms with Crippen molar-refractivity contribution in [2.75, 3.05) is 18.4 Å². The molecule has 0 radical (unpaired) electrons. The van der Waals surface area contributed by atoms with Crippen LogP contribution in [-0.2, 0) is 0 Å². The molecule has 0 atom stereocenters. The highest BCUT2D eigenvalue weighted by atomic mass is 15.2. The molecule has 0 unspecified atom stereocenters. The number of nitrogens with one attached hydrogen (secondary N) is 1. The zero-order valence-corrected chi connectivity index (χ0v) is 9.65. The molecule has 0 bridgehead atoms. The number of nitrogens with zero attached hydrogens (tertiary/aromatic N) is 2. The Morgan fingerprint density at radius 3 is 2.69 bits per heavy atom. The Labute approximate surface area is 96.6 Å². The van der Waals surface area contributed by atoms with Gasteiger partial charge in [0.05, 0.1) is 5.69 Å². The highest BCUT2D eigenvalue weighted by Crippen LogP contribution is 2.32.